The first-order chi connectivity index (χ1) is 14.1. The molecule has 11 heteroatoms. The number of halogens is 3. The number of aliphatic carboxylic acids is 1. The summed E-state index contributed by atoms with van der Waals surface area (Å²) in [5.74, 6) is -1.69. The second-order valence-corrected chi connectivity index (χ2v) is 10.8. The fourth-order valence-electron chi connectivity index (χ4n) is 2.32. The molecule has 30 heavy (non-hydrogen) atoms. The van der Waals surface area contributed by atoms with E-state index in [9.17, 15) is 18.0 Å². The Morgan fingerprint density at radius 1 is 1.07 bits per heavy atom. The Morgan fingerprint density at radius 3 is 2.27 bits per heavy atom. The molecule has 0 amide bonds. The second-order valence-electron chi connectivity index (χ2n) is 5.76. The Morgan fingerprint density at radius 2 is 1.70 bits per heavy atom. The van der Waals surface area contributed by atoms with Gasteiger partial charge in [-0.25, -0.2) is 4.79 Å². The van der Waals surface area contributed by atoms with Crippen LogP contribution in [-0.2, 0) is 30.3 Å². The van der Waals surface area contributed by atoms with Crippen LogP contribution in [0.3, 0.4) is 0 Å². The highest BCUT2D eigenvalue weighted by molar-refractivity contribution is 14.1. The van der Waals surface area contributed by atoms with Gasteiger partial charge >= 0.3 is 11.9 Å². The molecule has 0 atom stereocenters. The van der Waals surface area contributed by atoms with Crippen molar-refractivity contribution in [2.45, 2.75) is 11.3 Å². The molecule has 0 heterocycles. The largest absolute Gasteiger partial charge is 0.481 e. The number of benzene rings is 2. The minimum atomic E-state index is -3.98. The zero-order chi connectivity index (χ0) is 22.5. The number of hydrogen-bond acceptors (Lipinski definition) is 6. The van der Waals surface area contributed by atoms with Gasteiger partial charge in [0.1, 0.15) is 13.2 Å². The van der Waals surface area contributed by atoms with E-state index in [0.29, 0.717) is 12.7 Å². The van der Waals surface area contributed by atoms with Crippen LogP contribution in [0.25, 0.3) is 6.08 Å². The Hall–Kier alpha value is -0.780. The van der Waals surface area contributed by atoms with Crippen LogP contribution in [-0.4, -0.2) is 38.7 Å². The third-order valence-corrected chi connectivity index (χ3v) is 8.09. The molecule has 0 radical (unpaired) electrons. The van der Waals surface area contributed by atoms with E-state index in [4.69, 9.17) is 14.0 Å². The van der Waals surface area contributed by atoms with Crippen molar-refractivity contribution < 1.29 is 32.0 Å². The van der Waals surface area contributed by atoms with E-state index in [-0.39, 0.29) is 30.1 Å². The summed E-state index contributed by atoms with van der Waals surface area (Å²) in [6.07, 6.45) is 1.37. The molecule has 0 aromatic heterocycles. The molecule has 2 aromatic carbocycles. The molecular weight excluding hydrogens is 753 g/mol. The second kappa shape index (κ2) is 11.2. The first kappa shape index (κ1) is 25.5. The molecule has 2 rings (SSSR count). The van der Waals surface area contributed by atoms with E-state index in [1.165, 1.54) is 12.1 Å². The minimum Gasteiger partial charge on any atom is -0.481 e. The van der Waals surface area contributed by atoms with Crippen LogP contribution in [0.1, 0.15) is 21.5 Å². The maximum Gasteiger partial charge on any atom is 0.340 e. The predicted molar refractivity (Wildman–Crippen MR) is 136 cm³/mol. The SMILES string of the molecule is C=Cc1ccc(S(=O)(=O)OCCOC(=O)c2c(I)cc(I)c(CC(=O)O)c2I)cc1. The van der Waals surface area contributed by atoms with E-state index in [1.54, 1.807) is 24.3 Å². The van der Waals surface area contributed by atoms with Crippen LogP contribution in [0.2, 0.25) is 0 Å². The summed E-state index contributed by atoms with van der Waals surface area (Å²) in [6.45, 7) is 2.97. The van der Waals surface area contributed by atoms with Gasteiger partial charge in [-0.05, 0) is 97.1 Å². The summed E-state index contributed by atoms with van der Waals surface area (Å²) in [5.41, 5.74) is 1.54. The molecule has 0 saturated heterocycles. The van der Waals surface area contributed by atoms with E-state index >= 15 is 0 Å². The highest BCUT2D eigenvalue weighted by atomic mass is 127. The lowest BCUT2D eigenvalue weighted by Crippen LogP contribution is -2.17. The summed E-state index contributed by atoms with van der Waals surface area (Å²) < 4.78 is 36.3. The standard InChI is InChI=1S/C19H15I3O7S/c1-2-11-3-5-12(6-4-11)30(26,27)29-8-7-28-19(25)17-15(21)10-14(20)13(18(17)22)9-16(23)24/h2-6,10H,1,7-9H2,(H,23,24). The first-order valence-corrected chi connectivity index (χ1v) is 12.9. The average molecular weight is 768 g/mol. The van der Waals surface area contributed by atoms with Crippen LogP contribution in [0.15, 0.2) is 41.8 Å². The first-order valence-electron chi connectivity index (χ1n) is 8.24. The molecule has 0 aliphatic carbocycles. The quantitative estimate of drug-likeness (QED) is 0.175. The molecule has 160 valence electrons. The van der Waals surface area contributed by atoms with Gasteiger partial charge in [-0.1, -0.05) is 24.8 Å². The number of carboxylic acids is 1. The maximum atomic E-state index is 12.5. The molecule has 0 bridgehead atoms. The Labute approximate surface area is 214 Å². The zero-order valence-electron chi connectivity index (χ0n) is 15.2. The summed E-state index contributed by atoms with van der Waals surface area (Å²) in [4.78, 5) is 23.6. The molecule has 0 aliphatic heterocycles. The number of carboxylic acid groups (broad SMARTS) is 1. The minimum absolute atomic E-state index is 0.0144. The third kappa shape index (κ3) is 6.61. The molecular formula is C19H15I3O7S. The lowest BCUT2D eigenvalue weighted by molar-refractivity contribution is -0.136. The van der Waals surface area contributed by atoms with Gasteiger partial charge < -0.3 is 9.84 Å². The van der Waals surface area contributed by atoms with Gasteiger partial charge in [0.15, 0.2) is 0 Å². The van der Waals surface area contributed by atoms with Crippen molar-refractivity contribution in [1.29, 1.82) is 0 Å². The van der Waals surface area contributed by atoms with Crippen LogP contribution in [0.4, 0.5) is 0 Å². The number of carbonyl (C=O) groups excluding carboxylic acids is 1. The number of esters is 1. The fourth-order valence-corrected chi connectivity index (χ4v) is 7.41. The van der Waals surface area contributed by atoms with Gasteiger partial charge in [0.25, 0.3) is 10.1 Å². The Kier molecular flexibility index (Phi) is 9.51. The van der Waals surface area contributed by atoms with Crippen molar-refractivity contribution in [3.63, 3.8) is 0 Å². The topological polar surface area (TPSA) is 107 Å². The highest BCUT2D eigenvalue weighted by Gasteiger charge is 2.22. The highest BCUT2D eigenvalue weighted by Crippen LogP contribution is 2.29. The molecule has 7 nitrogen and oxygen atoms in total. The summed E-state index contributed by atoms with van der Waals surface area (Å²) in [5, 5.41) is 9.08. The predicted octanol–water partition coefficient (Wildman–Crippen LogP) is 4.33. The van der Waals surface area contributed by atoms with Crippen molar-refractivity contribution in [1.82, 2.24) is 0 Å². The molecule has 0 aliphatic rings. The van der Waals surface area contributed by atoms with Crippen molar-refractivity contribution in [2.75, 3.05) is 13.2 Å². The van der Waals surface area contributed by atoms with Crippen molar-refractivity contribution in [2.24, 2.45) is 0 Å². The van der Waals surface area contributed by atoms with Gasteiger partial charge in [0, 0.05) is 10.7 Å². The van der Waals surface area contributed by atoms with E-state index < -0.39 is 22.1 Å². The van der Waals surface area contributed by atoms with Crippen LogP contribution < -0.4 is 0 Å². The summed E-state index contributed by atoms with van der Waals surface area (Å²) in [6, 6.07) is 7.69. The smallest absolute Gasteiger partial charge is 0.340 e. The number of rotatable bonds is 9. The zero-order valence-corrected chi connectivity index (χ0v) is 22.5. The van der Waals surface area contributed by atoms with Gasteiger partial charge in [-0.2, -0.15) is 8.42 Å². The van der Waals surface area contributed by atoms with Crippen LogP contribution >= 0.6 is 67.8 Å². The maximum absolute atomic E-state index is 12.5. The molecule has 0 fully saturated rings. The van der Waals surface area contributed by atoms with Gasteiger partial charge in [0.2, 0.25) is 0 Å². The van der Waals surface area contributed by atoms with E-state index in [2.05, 4.69) is 6.58 Å². The Balaban J connectivity index is 2.04. The van der Waals surface area contributed by atoms with Crippen molar-refractivity contribution >= 4 is 95.9 Å². The van der Waals surface area contributed by atoms with Gasteiger partial charge in [0.05, 0.1) is 16.9 Å². The lowest BCUT2D eigenvalue weighted by atomic mass is 10.1. The number of carbonyl (C=O) groups is 2. The normalized spacial score (nSPS) is 11.2. The molecule has 1 N–H and O–H groups in total. The van der Waals surface area contributed by atoms with Crippen LogP contribution in [0, 0.1) is 10.7 Å². The van der Waals surface area contributed by atoms with Gasteiger partial charge in [-0.15, -0.1) is 0 Å². The summed E-state index contributed by atoms with van der Waals surface area (Å²) in [7, 11) is -3.98. The van der Waals surface area contributed by atoms with Crippen LogP contribution in [0.5, 0.6) is 0 Å². The van der Waals surface area contributed by atoms with E-state index in [1.807, 2.05) is 67.8 Å². The summed E-state index contributed by atoms with van der Waals surface area (Å²) >= 11 is 5.91. The van der Waals surface area contributed by atoms with Crippen molar-refractivity contribution in [3.8, 4) is 0 Å². The average Bonchev–Trinajstić information content (AvgIpc) is 2.68. The molecule has 2 aromatic rings. The van der Waals surface area contributed by atoms with Gasteiger partial charge in [-0.3, -0.25) is 8.98 Å². The monoisotopic (exact) mass is 768 g/mol. The number of ether oxygens (including phenoxy) is 1. The molecule has 0 unspecified atom stereocenters. The molecule has 0 spiro atoms. The lowest BCUT2D eigenvalue weighted by Gasteiger charge is -2.13. The van der Waals surface area contributed by atoms with Crippen molar-refractivity contribution in [3.05, 3.63) is 64.3 Å². The number of hydrogen-bond donors (Lipinski definition) is 1. The molecule has 0 saturated carbocycles. The Bertz CT molecular complexity index is 1080. The third-order valence-electron chi connectivity index (χ3n) is 3.76. The fraction of sp³-hybridized carbons (Fsp3) is 0.158. The van der Waals surface area contributed by atoms with E-state index in [0.717, 1.165) is 9.13 Å².